The van der Waals surface area contributed by atoms with E-state index < -0.39 is 0 Å². The van der Waals surface area contributed by atoms with Gasteiger partial charge in [-0.1, -0.05) is 6.58 Å². The summed E-state index contributed by atoms with van der Waals surface area (Å²) in [6.45, 7) is 9.57. The lowest BCUT2D eigenvalue weighted by Crippen LogP contribution is -2.08. The van der Waals surface area contributed by atoms with Crippen LogP contribution in [0, 0.1) is 0 Å². The van der Waals surface area contributed by atoms with Crippen LogP contribution in [0.5, 0.6) is 0 Å². The largest absolute Gasteiger partial charge is 0.274 e. The van der Waals surface area contributed by atoms with E-state index in [1.807, 2.05) is 27.8 Å². The van der Waals surface area contributed by atoms with Gasteiger partial charge < -0.3 is 0 Å². The van der Waals surface area contributed by atoms with Crippen LogP contribution in [0.25, 0.3) is 0 Å². The number of allylic oxidation sites excluding steroid dienone is 1. The molecule has 0 bridgehead atoms. The number of rotatable bonds is 2. The highest BCUT2D eigenvalue weighted by Gasteiger charge is 1.89. The second kappa shape index (κ2) is 3.28. The first-order valence-corrected chi connectivity index (χ1v) is 2.95. The zero-order valence-corrected chi connectivity index (χ0v) is 6.60. The van der Waals surface area contributed by atoms with E-state index in [9.17, 15) is 0 Å². The summed E-state index contributed by atoms with van der Waals surface area (Å²) in [5, 5.41) is 5.89. The molecule has 0 saturated carbocycles. The van der Waals surface area contributed by atoms with E-state index in [0.29, 0.717) is 0 Å². The number of nitrogens with zero attached hydrogens (tertiary/aromatic N) is 2. The lowest BCUT2D eigenvalue weighted by molar-refractivity contribution is 0.449. The maximum absolute atomic E-state index is 4.13. The minimum Gasteiger partial charge on any atom is -0.274 e. The average Bonchev–Trinajstić information content (AvgIpc) is 1.63. The van der Waals surface area contributed by atoms with Crippen molar-refractivity contribution in [2.45, 2.75) is 20.8 Å². The fourth-order valence-electron chi connectivity index (χ4n) is 0.385. The van der Waals surface area contributed by atoms with Gasteiger partial charge in [0.2, 0.25) is 0 Å². The zero-order valence-electron chi connectivity index (χ0n) is 6.60. The topological polar surface area (TPSA) is 15.6 Å². The van der Waals surface area contributed by atoms with Gasteiger partial charge in [-0.3, -0.25) is 5.01 Å². The first-order chi connectivity index (χ1) is 4.04. The normalized spacial score (nSPS) is 8.44. The van der Waals surface area contributed by atoms with Crippen molar-refractivity contribution in [1.82, 2.24) is 5.01 Å². The third-order valence-electron chi connectivity index (χ3n) is 0.902. The van der Waals surface area contributed by atoms with Gasteiger partial charge in [-0.15, -0.1) is 0 Å². The molecular weight excluding hydrogens is 112 g/mol. The Balaban J connectivity index is 3.91. The Morgan fingerprint density at radius 2 is 1.78 bits per heavy atom. The Bertz CT molecular complexity index is 132. The Kier molecular flexibility index (Phi) is 2.99. The summed E-state index contributed by atoms with van der Waals surface area (Å²) in [5.41, 5.74) is 2.00. The maximum atomic E-state index is 4.13. The molecule has 0 aromatic heterocycles. The molecule has 0 heterocycles. The molecule has 9 heavy (non-hydrogen) atoms. The van der Waals surface area contributed by atoms with Gasteiger partial charge in [-0.2, -0.15) is 5.10 Å². The summed E-state index contributed by atoms with van der Waals surface area (Å²) in [4.78, 5) is 0. The van der Waals surface area contributed by atoms with Crippen LogP contribution in [0.1, 0.15) is 20.8 Å². The number of hydrazone groups is 1. The summed E-state index contributed by atoms with van der Waals surface area (Å²) < 4.78 is 0. The van der Waals surface area contributed by atoms with E-state index in [1.54, 1.807) is 5.01 Å². The van der Waals surface area contributed by atoms with E-state index >= 15 is 0 Å². The molecule has 0 atom stereocenters. The minimum atomic E-state index is 0.955. The molecule has 0 rings (SSSR count). The number of hydrogen-bond donors (Lipinski definition) is 0. The second-order valence-corrected chi connectivity index (χ2v) is 2.31. The van der Waals surface area contributed by atoms with Gasteiger partial charge in [0.25, 0.3) is 0 Å². The summed E-state index contributed by atoms with van der Waals surface area (Å²) >= 11 is 0. The molecule has 0 spiro atoms. The number of hydrogen-bond acceptors (Lipinski definition) is 2. The fourth-order valence-corrected chi connectivity index (χ4v) is 0.385. The smallest absolute Gasteiger partial charge is 0.0323 e. The summed E-state index contributed by atoms with van der Waals surface area (Å²) in [6, 6.07) is 0. The molecule has 0 N–H and O–H groups in total. The Morgan fingerprint density at radius 3 is 1.89 bits per heavy atom. The lowest BCUT2D eigenvalue weighted by Gasteiger charge is -2.11. The van der Waals surface area contributed by atoms with Gasteiger partial charge in [-0.25, -0.2) is 0 Å². The van der Waals surface area contributed by atoms with Gasteiger partial charge in [0.1, 0.15) is 0 Å². The molecule has 2 heteroatoms. The zero-order chi connectivity index (χ0) is 7.44. The molecule has 0 aliphatic carbocycles. The van der Waals surface area contributed by atoms with Gasteiger partial charge in [0.05, 0.1) is 0 Å². The molecule has 0 aliphatic heterocycles. The SMILES string of the molecule is C=C(C)N(C)N=C(C)C. The molecular formula is C7H14N2. The van der Waals surface area contributed by atoms with E-state index in [2.05, 4.69) is 11.7 Å². The third kappa shape index (κ3) is 3.76. The van der Waals surface area contributed by atoms with Crippen LogP contribution < -0.4 is 0 Å². The van der Waals surface area contributed by atoms with Crippen LogP contribution in [0.4, 0.5) is 0 Å². The average molecular weight is 126 g/mol. The minimum absolute atomic E-state index is 0.955. The standard InChI is InChI=1S/C7H14N2/c1-6(2)8-9(5)7(3)4/h3H2,1-2,4-5H3. The highest BCUT2D eigenvalue weighted by atomic mass is 15.4. The lowest BCUT2D eigenvalue weighted by atomic mass is 10.5. The monoisotopic (exact) mass is 126 g/mol. The van der Waals surface area contributed by atoms with Gasteiger partial charge in [0.15, 0.2) is 0 Å². The summed E-state index contributed by atoms with van der Waals surface area (Å²) in [6.07, 6.45) is 0. The van der Waals surface area contributed by atoms with Crippen LogP contribution in [-0.2, 0) is 0 Å². The molecule has 2 nitrogen and oxygen atoms in total. The van der Waals surface area contributed by atoms with Crippen LogP contribution in [-0.4, -0.2) is 17.8 Å². The van der Waals surface area contributed by atoms with Crippen LogP contribution in [0.3, 0.4) is 0 Å². The Hall–Kier alpha value is -0.790. The summed E-state index contributed by atoms with van der Waals surface area (Å²) in [7, 11) is 1.88. The van der Waals surface area contributed by atoms with Crippen LogP contribution in [0.15, 0.2) is 17.4 Å². The summed E-state index contributed by atoms with van der Waals surface area (Å²) in [5.74, 6) is 0. The van der Waals surface area contributed by atoms with Crippen molar-refractivity contribution in [1.29, 1.82) is 0 Å². The quantitative estimate of drug-likeness (QED) is 0.407. The Morgan fingerprint density at radius 1 is 1.33 bits per heavy atom. The van der Waals surface area contributed by atoms with E-state index in [4.69, 9.17) is 0 Å². The van der Waals surface area contributed by atoms with E-state index in [-0.39, 0.29) is 0 Å². The maximum Gasteiger partial charge on any atom is 0.0323 e. The van der Waals surface area contributed by atoms with Gasteiger partial charge in [0, 0.05) is 18.5 Å². The van der Waals surface area contributed by atoms with Crippen molar-refractivity contribution in [2.24, 2.45) is 5.10 Å². The third-order valence-corrected chi connectivity index (χ3v) is 0.902. The molecule has 52 valence electrons. The van der Waals surface area contributed by atoms with Gasteiger partial charge >= 0.3 is 0 Å². The van der Waals surface area contributed by atoms with Crippen LogP contribution in [0.2, 0.25) is 0 Å². The van der Waals surface area contributed by atoms with Gasteiger partial charge in [-0.05, 0) is 20.8 Å². The van der Waals surface area contributed by atoms with Crippen molar-refractivity contribution in [3.63, 3.8) is 0 Å². The molecule has 0 radical (unpaired) electrons. The van der Waals surface area contributed by atoms with Crippen molar-refractivity contribution in [2.75, 3.05) is 7.05 Å². The molecule has 0 unspecified atom stereocenters. The first kappa shape index (κ1) is 8.21. The van der Waals surface area contributed by atoms with E-state index in [0.717, 1.165) is 11.4 Å². The predicted molar refractivity (Wildman–Crippen MR) is 41.4 cm³/mol. The molecule has 0 saturated heterocycles. The predicted octanol–water partition coefficient (Wildman–Crippen LogP) is 1.85. The van der Waals surface area contributed by atoms with E-state index in [1.165, 1.54) is 0 Å². The second-order valence-electron chi connectivity index (χ2n) is 2.31. The van der Waals surface area contributed by atoms with Crippen molar-refractivity contribution >= 4 is 5.71 Å². The molecule has 0 fully saturated rings. The highest BCUT2D eigenvalue weighted by Crippen LogP contribution is 1.95. The highest BCUT2D eigenvalue weighted by molar-refractivity contribution is 5.78. The molecule has 0 aromatic carbocycles. The molecule has 0 aliphatic rings. The van der Waals surface area contributed by atoms with Crippen LogP contribution >= 0.6 is 0 Å². The van der Waals surface area contributed by atoms with Crippen molar-refractivity contribution in [3.8, 4) is 0 Å². The van der Waals surface area contributed by atoms with Crippen molar-refractivity contribution in [3.05, 3.63) is 12.3 Å². The Labute approximate surface area is 56.9 Å². The molecule has 0 aromatic rings. The van der Waals surface area contributed by atoms with Crippen molar-refractivity contribution < 1.29 is 0 Å². The first-order valence-electron chi connectivity index (χ1n) is 2.95. The molecule has 0 amide bonds. The fraction of sp³-hybridized carbons (Fsp3) is 0.571.